The molecular formula is C15H22N2O. The predicted molar refractivity (Wildman–Crippen MR) is 73.2 cm³/mol. The van der Waals surface area contributed by atoms with Gasteiger partial charge < -0.3 is 10.2 Å². The van der Waals surface area contributed by atoms with E-state index in [0.717, 1.165) is 18.7 Å². The molecule has 0 saturated carbocycles. The highest BCUT2D eigenvalue weighted by atomic mass is 16.1. The quantitative estimate of drug-likeness (QED) is 0.863. The van der Waals surface area contributed by atoms with E-state index in [0.29, 0.717) is 19.0 Å². The number of benzene rings is 1. The van der Waals surface area contributed by atoms with E-state index in [-0.39, 0.29) is 5.91 Å². The number of nitrogens with one attached hydrogen (secondary N) is 1. The second-order valence-corrected chi connectivity index (χ2v) is 5.06. The van der Waals surface area contributed by atoms with Crippen LogP contribution in [0.5, 0.6) is 0 Å². The van der Waals surface area contributed by atoms with Gasteiger partial charge in [0.15, 0.2) is 0 Å². The summed E-state index contributed by atoms with van der Waals surface area (Å²) >= 11 is 0. The van der Waals surface area contributed by atoms with Gasteiger partial charge in [0, 0.05) is 19.0 Å². The lowest BCUT2D eigenvalue weighted by Crippen LogP contribution is -2.35. The highest BCUT2D eigenvalue weighted by Crippen LogP contribution is 2.13. The molecule has 0 radical (unpaired) electrons. The zero-order chi connectivity index (χ0) is 12.8. The molecular weight excluding hydrogens is 224 g/mol. The van der Waals surface area contributed by atoms with Crippen molar-refractivity contribution in [1.82, 2.24) is 10.2 Å². The lowest BCUT2D eigenvalue weighted by Gasteiger charge is -2.23. The summed E-state index contributed by atoms with van der Waals surface area (Å²) in [6.45, 7) is 5.07. The Balaban J connectivity index is 1.71. The molecule has 1 amide bonds. The average Bonchev–Trinajstić information content (AvgIpc) is 2.91. The van der Waals surface area contributed by atoms with Gasteiger partial charge >= 0.3 is 0 Å². The number of nitrogens with zero attached hydrogens (tertiary/aromatic N) is 1. The van der Waals surface area contributed by atoms with Gasteiger partial charge in [-0.3, -0.25) is 4.79 Å². The van der Waals surface area contributed by atoms with E-state index in [9.17, 15) is 4.79 Å². The van der Waals surface area contributed by atoms with E-state index in [4.69, 9.17) is 0 Å². The molecule has 0 spiro atoms. The van der Waals surface area contributed by atoms with E-state index in [1.54, 1.807) is 0 Å². The Labute approximate surface area is 109 Å². The fraction of sp³-hybridized carbons (Fsp3) is 0.533. The van der Waals surface area contributed by atoms with Gasteiger partial charge in [0.1, 0.15) is 0 Å². The Morgan fingerprint density at radius 2 is 1.94 bits per heavy atom. The third-order valence-corrected chi connectivity index (χ3v) is 3.58. The third-order valence-electron chi connectivity index (χ3n) is 3.58. The Bertz CT molecular complexity index is 371. The van der Waals surface area contributed by atoms with Crippen molar-refractivity contribution in [2.24, 2.45) is 0 Å². The van der Waals surface area contributed by atoms with Gasteiger partial charge in [-0.15, -0.1) is 0 Å². The minimum atomic E-state index is 0.151. The topological polar surface area (TPSA) is 32.3 Å². The fourth-order valence-electron chi connectivity index (χ4n) is 2.45. The number of amides is 1. The molecule has 3 heteroatoms. The monoisotopic (exact) mass is 246 g/mol. The molecule has 98 valence electrons. The number of rotatable bonds is 5. The summed E-state index contributed by atoms with van der Waals surface area (Å²) in [5.41, 5.74) is 1.15. The minimum Gasteiger partial charge on any atom is -0.352 e. The van der Waals surface area contributed by atoms with Gasteiger partial charge in [-0.1, -0.05) is 30.3 Å². The summed E-state index contributed by atoms with van der Waals surface area (Å²) < 4.78 is 0. The van der Waals surface area contributed by atoms with Crippen molar-refractivity contribution in [1.29, 1.82) is 0 Å². The van der Waals surface area contributed by atoms with Gasteiger partial charge in [-0.05, 0) is 38.4 Å². The zero-order valence-electron chi connectivity index (χ0n) is 11.1. The van der Waals surface area contributed by atoms with Crippen molar-refractivity contribution >= 4 is 5.91 Å². The molecule has 3 nitrogen and oxygen atoms in total. The molecule has 18 heavy (non-hydrogen) atoms. The average molecular weight is 246 g/mol. The van der Waals surface area contributed by atoms with Crippen LogP contribution in [0, 0.1) is 0 Å². The number of hydrogen-bond acceptors (Lipinski definition) is 2. The summed E-state index contributed by atoms with van der Waals surface area (Å²) in [5.74, 6) is 0.151. The summed E-state index contributed by atoms with van der Waals surface area (Å²) in [6, 6.07) is 10.4. The predicted octanol–water partition coefficient (Wildman–Crippen LogP) is 2.18. The normalized spacial score (nSPS) is 17.6. The molecule has 0 aromatic heterocycles. The van der Waals surface area contributed by atoms with E-state index in [1.807, 2.05) is 30.3 Å². The molecule has 2 rings (SSSR count). The van der Waals surface area contributed by atoms with Crippen molar-refractivity contribution in [3.8, 4) is 0 Å². The SMILES string of the molecule is CC(CC(=O)NCc1ccccc1)N1CCCC1. The van der Waals surface area contributed by atoms with Gasteiger partial charge in [-0.2, -0.15) is 0 Å². The standard InChI is InChI=1S/C15H22N2O/c1-13(17-9-5-6-10-17)11-15(18)16-12-14-7-3-2-4-8-14/h2-4,7-8,13H,5-6,9-12H2,1H3,(H,16,18). The molecule has 1 atom stereocenters. The van der Waals surface area contributed by atoms with Crippen molar-refractivity contribution < 1.29 is 4.79 Å². The van der Waals surface area contributed by atoms with Crippen LogP contribution in [-0.2, 0) is 11.3 Å². The largest absolute Gasteiger partial charge is 0.352 e. The highest BCUT2D eigenvalue weighted by molar-refractivity contribution is 5.76. The highest BCUT2D eigenvalue weighted by Gasteiger charge is 2.19. The van der Waals surface area contributed by atoms with Gasteiger partial charge in [0.05, 0.1) is 0 Å². The van der Waals surface area contributed by atoms with Crippen molar-refractivity contribution in [3.63, 3.8) is 0 Å². The second kappa shape index (κ2) is 6.55. The van der Waals surface area contributed by atoms with Crippen molar-refractivity contribution in [2.75, 3.05) is 13.1 Å². The molecule has 1 saturated heterocycles. The van der Waals surface area contributed by atoms with Crippen LogP contribution in [0.3, 0.4) is 0 Å². The first-order valence-electron chi connectivity index (χ1n) is 6.80. The van der Waals surface area contributed by atoms with E-state index in [2.05, 4.69) is 17.1 Å². The minimum absolute atomic E-state index is 0.151. The molecule has 1 aliphatic rings. The Morgan fingerprint density at radius 3 is 2.61 bits per heavy atom. The smallest absolute Gasteiger partial charge is 0.221 e. The molecule has 1 aromatic carbocycles. The molecule has 0 aliphatic carbocycles. The van der Waals surface area contributed by atoms with E-state index < -0.39 is 0 Å². The Hall–Kier alpha value is -1.35. The number of carbonyl (C=O) groups excluding carboxylic acids is 1. The fourth-order valence-corrected chi connectivity index (χ4v) is 2.45. The molecule has 1 aromatic rings. The second-order valence-electron chi connectivity index (χ2n) is 5.06. The maximum Gasteiger partial charge on any atom is 0.221 e. The maximum absolute atomic E-state index is 11.8. The molecule has 1 fully saturated rings. The maximum atomic E-state index is 11.8. The lowest BCUT2D eigenvalue weighted by molar-refractivity contribution is -0.122. The van der Waals surface area contributed by atoms with Crippen LogP contribution in [0.2, 0.25) is 0 Å². The number of carbonyl (C=O) groups is 1. The first kappa shape index (κ1) is 13.1. The van der Waals surface area contributed by atoms with Crippen LogP contribution in [0.4, 0.5) is 0 Å². The first-order valence-corrected chi connectivity index (χ1v) is 6.80. The summed E-state index contributed by atoms with van der Waals surface area (Å²) in [7, 11) is 0. The molecule has 1 aliphatic heterocycles. The van der Waals surface area contributed by atoms with Crippen LogP contribution < -0.4 is 5.32 Å². The number of likely N-dealkylation sites (tertiary alicyclic amines) is 1. The van der Waals surface area contributed by atoms with Gasteiger partial charge in [-0.25, -0.2) is 0 Å². The lowest BCUT2D eigenvalue weighted by atomic mass is 10.2. The van der Waals surface area contributed by atoms with E-state index >= 15 is 0 Å². The molecule has 1 N–H and O–H groups in total. The van der Waals surface area contributed by atoms with Crippen molar-refractivity contribution in [3.05, 3.63) is 35.9 Å². The van der Waals surface area contributed by atoms with Gasteiger partial charge in [0.25, 0.3) is 0 Å². The molecule has 0 bridgehead atoms. The van der Waals surface area contributed by atoms with Crippen LogP contribution >= 0.6 is 0 Å². The summed E-state index contributed by atoms with van der Waals surface area (Å²) in [4.78, 5) is 14.3. The summed E-state index contributed by atoms with van der Waals surface area (Å²) in [5, 5.41) is 2.99. The van der Waals surface area contributed by atoms with Gasteiger partial charge in [0.2, 0.25) is 5.91 Å². The molecule has 1 heterocycles. The van der Waals surface area contributed by atoms with Crippen molar-refractivity contribution in [2.45, 2.75) is 38.8 Å². The zero-order valence-corrected chi connectivity index (χ0v) is 11.1. The number of hydrogen-bond donors (Lipinski definition) is 1. The van der Waals surface area contributed by atoms with Crippen LogP contribution in [-0.4, -0.2) is 29.9 Å². The third kappa shape index (κ3) is 3.84. The summed E-state index contributed by atoms with van der Waals surface area (Å²) in [6.07, 6.45) is 3.15. The van der Waals surface area contributed by atoms with Crippen LogP contribution in [0.25, 0.3) is 0 Å². The van der Waals surface area contributed by atoms with Crippen LogP contribution in [0.1, 0.15) is 31.7 Å². The molecule has 1 unspecified atom stereocenters. The Morgan fingerprint density at radius 1 is 1.28 bits per heavy atom. The van der Waals surface area contributed by atoms with Crippen LogP contribution in [0.15, 0.2) is 30.3 Å². The van der Waals surface area contributed by atoms with E-state index in [1.165, 1.54) is 12.8 Å². The first-order chi connectivity index (χ1) is 8.75. The Kier molecular flexibility index (Phi) is 4.76.